The first-order valence-corrected chi connectivity index (χ1v) is 5.26. The van der Waals surface area contributed by atoms with Crippen LogP contribution in [0.3, 0.4) is 0 Å². The molecule has 0 fully saturated rings. The van der Waals surface area contributed by atoms with Gasteiger partial charge in [0.2, 0.25) is 0 Å². The van der Waals surface area contributed by atoms with Crippen molar-refractivity contribution in [2.45, 2.75) is 6.42 Å². The molecule has 0 saturated carbocycles. The number of hydrogen-bond donors (Lipinski definition) is 3. The molecule has 0 saturated heterocycles. The quantitative estimate of drug-likeness (QED) is 0.420. The summed E-state index contributed by atoms with van der Waals surface area (Å²) in [5.74, 6) is -1.59. The lowest BCUT2D eigenvalue weighted by atomic mass is 10.4. The third-order valence-electron chi connectivity index (χ3n) is 1.02. The van der Waals surface area contributed by atoms with Gasteiger partial charge in [-0.25, -0.2) is 0 Å². The zero-order valence-corrected chi connectivity index (χ0v) is 8.19. The van der Waals surface area contributed by atoms with Gasteiger partial charge in [-0.05, 0) is 0 Å². The predicted molar refractivity (Wildman–Crippen MR) is 49.3 cm³/mol. The molecule has 13 heavy (non-hydrogen) atoms. The molecule has 0 aliphatic carbocycles. The average Bonchev–Trinajstić information content (AvgIpc) is 1.95. The molecule has 76 valence electrons. The summed E-state index contributed by atoms with van der Waals surface area (Å²) in [6.07, 6.45) is -0.0819. The minimum Gasteiger partial charge on any atom is -0.480 e. The maximum atomic E-state index is 10.2. The Balaban J connectivity index is 3.71. The second-order valence-corrected chi connectivity index (χ2v) is 4.27. The van der Waals surface area contributed by atoms with Gasteiger partial charge in [0.1, 0.15) is 6.54 Å². The van der Waals surface area contributed by atoms with Gasteiger partial charge >= 0.3 is 5.97 Å². The number of carbonyl (C=O) groups is 1. The van der Waals surface area contributed by atoms with E-state index in [1.54, 1.807) is 0 Å². The summed E-state index contributed by atoms with van der Waals surface area (Å²) in [7, 11) is -4.03. The molecule has 0 atom stereocenters. The molecule has 0 spiro atoms. The van der Waals surface area contributed by atoms with Gasteiger partial charge in [0.25, 0.3) is 10.1 Å². The molecule has 0 heterocycles. The summed E-state index contributed by atoms with van der Waals surface area (Å²) < 4.78 is 28.8. The first-order chi connectivity index (χ1) is 5.81. The number of nitrogens with one attached hydrogen (secondary N) is 1. The fourth-order valence-corrected chi connectivity index (χ4v) is 1.25. The van der Waals surface area contributed by atoms with E-state index in [4.69, 9.17) is 9.66 Å². The van der Waals surface area contributed by atoms with Crippen LogP contribution in [0.4, 0.5) is 0 Å². The van der Waals surface area contributed by atoms with E-state index >= 15 is 0 Å². The van der Waals surface area contributed by atoms with Gasteiger partial charge in [0.15, 0.2) is 0 Å². The zero-order chi connectivity index (χ0) is 10.5. The lowest BCUT2D eigenvalue weighted by molar-refractivity contribution is -0.135. The molecular formula is C5H9NO5S2. The number of aliphatic carboxylic acids is 1. The van der Waals surface area contributed by atoms with Crippen LogP contribution in [0.15, 0.2) is 0 Å². The van der Waals surface area contributed by atoms with E-state index in [-0.39, 0.29) is 18.0 Å². The van der Waals surface area contributed by atoms with Crippen molar-refractivity contribution in [1.82, 2.24) is 5.32 Å². The fourth-order valence-electron chi connectivity index (χ4n) is 0.484. The smallest absolute Gasteiger partial charge is 0.322 e. The van der Waals surface area contributed by atoms with Crippen molar-refractivity contribution in [1.29, 1.82) is 0 Å². The second kappa shape index (κ2) is 5.10. The Kier molecular flexibility index (Phi) is 4.81. The highest BCUT2D eigenvalue weighted by Gasteiger charge is 2.07. The number of hydrogen-bond acceptors (Lipinski definition) is 4. The van der Waals surface area contributed by atoms with E-state index in [2.05, 4.69) is 17.5 Å². The standard InChI is InChI=1S/C5H9NO5S2/c7-5(8)3-6-4(12)1-2-13(9,10)11/h1-3H2,(H,6,12)(H,7,8)(H,9,10,11). The fraction of sp³-hybridized carbons (Fsp3) is 0.600. The molecule has 0 amide bonds. The molecule has 0 bridgehead atoms. The second-order valence-electron chi connectivity index (χ2n) is 2.21. The topological polar surface area (TPSA) is 104 Å². The van der Waals surface area contributed by atoms with Gasteiger partial charge in [-0.3, -0.25) is 9.35 Å². The van der Waals surface area contributed by atoms with Crippen LogP contribution in [0, 0.1) is 0 Å². The molecule has 0 aromatic rings. The van der Waals surface area contributed by atoms with Crippen molar-refractivity contribution in [3.05, 3.63) is 0 Å². The molecule has 6 nitrogen and oxygen atoms in total. The molecule has 0 aromatic heterocycles. The highest BCUT2D eigenvalue weighted by molar-refractivity contribution is 7.86. The van der Waals surface area contributed by atoms with Crippen molar-refractivity contribution in [3.63, 3.8) is 0 Å². The summed E-state index contributed by atoms with van der Waals surface area (Å²) in [5.41, 5.74) is 0. The van der Waals surface area contributed by atoms with Crippen LogP contribution >= 0.6 is 12.2 Å². The van der Waals surface area contributed by atoms with Gasteiger partial charge in [0, 0.05) is 6.42 Å². The predicted octanol–water partition coefficient (Wildman–Crippen LogP) is -0.734. The van der Waals surface area contributed by atoms with Crippen molar-refractivity contribution in [2.75, 3.05) is 12.3 Å². The molecule has 0 unspecified atom stereocenters. The minimum absolute atomic E-state index is 0.0819. The van der Waals surface area contributed by atoms with Crippen LogP contribution < -0.4 is 5.32 Å². The number of rotatable bonds is 5. The van der Waals surface area contributed by atoms with Crippen LogP contribution in [-0.4, -0.2) is 41.3 Å². The van der Waals surface area contributed by atoms with E-state index in [1.165, 1.54) is 0 Å². The molecule has 0 aliphatic heterocycles. The third-order valence-corrected chi connectivity index (χ3v) is 2.09. The van der Waals surface area contributed by atoms with E-state index in [0.29, 0.717) is 0 Å². The highest BCUT2D eigenvalue weighted by Crippen LogP contribution is 1.89. The Bertz CT molecular complexity index is 296. The maximum absolute atomic E-state index is 10.2. The largest absolute Gasteiger partial charge is 0.480 e. The SMILES string of the molecule is O=C(O)CNC(=S)CCS(=O)(=O)O. The van der Waals surface area contributed by atoms with E-state index in [1.807, 2.05) is 0 Å². The van der Waals surface area contributed by atoms with E-state index in [0.717, 1.165) is 0 Å². The van der Waals surface area contributed by atoms with Crippen LogP contribution in [0.2, 0.25) is 0 Å². The summed E-state index contributed by atoms with van der Waals surface area (Å²) in [4.78, 5) is 10.1. The molecule has 0 aromatic carbocycles. The Morgan fingerprint density at radius 1 is 1.46 bits per heavy atom. The first-order valence-electron chi connectivity index (χ1n) is 3.25. The normalized spacial score (nSPS) is 10.8. The molecule has 8 heteroatoms. The van der Waals surface area contributed by atoms with Gasteiger partial charge < -0.3 is 10.4 Å². The molecule has 0 radical (unpaired) electrons. The Hall–Kier alpha value is -0.730. The van der Waals surface area contributed by atoms with Crippen LogP contribution in [0.25, 0.3) is 0 Å². The van der Waals surface area contributed by atoms with Crippen molar-refractivity contribution in [3.8, 4) is 0 Å². The molecule has 0 rings (SSSR count). The number of thiocarbonyl (C=S) groups is 1. The maximum Gasteiger partial charge on any atom is 0.322 e. The van der Waals surface area contributed by atoms with Gasteiger partial charge in [-0.2, -0.15) is 8.42 Å². The lowest BCUT2D eigenvalue weighted by Gasteiger charge is -2.02. The summed E-state index contributed by atoms with van der Waals surface area (Å²) in [6.45, 7) is -0.357. The van der Waals surface area contributed by atoms with Gasteiger partial charge in [-0.15, -0.1) is 0 Å². The highest BCUT2D eigenvalue weighted by atomic mass is 32.2. The van der Waals surface area contributed by atoms with Crippen molar-refractivity contribution >= 4 is 33.3 Å². The monoisotopic (exact) mass is 227 g/mol. The number of carboxylic acids is 1. The van der Waals surface area contributed by atoms with Crippen LogP contribution in [0.1, 0.15) is 6.42 Å². The lowest BCUT2D eigenvalue weighted by Crippen LogP contribution is -2.29. The zero-order valence-electron chi connectivity index (χ0n) is 6.56. The van der Waals surface area contributed by atoms with Gasteiger partial charge in [-0.1, -0.05) is 12.2 Å². The Morgan fingerprint density at radius 2 is 2.00 bits per heavy atom. The van der Waals surface area contributed by atoms with E-state index < -0.39 is 21.8 Å². The summed E-state index contributed by atoms with van der Waals surface area (Å²) >= 11 is 4.59. The Morgan fingerprint density at radius 3 is 2.38 bits per heavy atom. The average molecular weight is 227 g/mol. The van der Waals surface area contributed by atoms with Crippen LogP contribution in [0.5, 0.6) is 0 Å². The third kappa shape index (κ3) is 9.18. The number of carboxylic acid groups (broad SMARTS) is 1. The summed E-state index contributed by atoms with van der Waals surface area (Å²) in [5, 5.41) is 10.5. The summed E-state index contributed by atoms with van der Waals surface area (Å²) in [6, 6.07) is 0. The van der Waals surface area contributed by atoms with Crippen molar-refractivity contribution in [2.24, 2.45) is 0 Å². The van der Waals surface area contributed by atoms with E-state index in [9.17, 15) is 13.2 Å². The Labute approximate surface area is 80.7 Å². The first kappa shape index (κ1) is 12.3. The molecular weight excluding hydrogens is 218 g/mol. The molecule has 3 N–H and O–H groups in total. The van der Waals surface area contributed by atoms with Crippen LogP contribution in [-0.2, 0) is 14.9 Å². The minimum atomic E-state index is -4.03. The van der Waals surface area contributed by atoms with Gasteiger partial charge in [0.05, 0.1) is 10.7 Å². The molecule has 0 aliphatic rings. The van der Waals surface area contributed by atoms with Crippen molar-refractivity contribution < 1.29 is 22.9 Å².